The average molecular weight is 597 g/mol. The summed E-state index contributed by atoms with van der Waals surface area (Å²) in [5.74, 6) is -0.00985. The molecule has 0 fully saturated rings. The largest absolute Gasteiger partial charge is 0 e. The quantitative estimate of drug-likeness (QED) is 0.144. The molecule has 0 bridgehead atoms. The molecular formula is C26H44FeO8Si2-. The zero-order valence-corrected chi connectivity index (χ0v) is 27.2. The van der Waals surface area contributed by atoms with E-state index in [2.05, 4.69) is 87.7 Å². The Balaban J connectivity index is -0.000000451. The number of hydrogen-bond donors (Lipinski definition) is 0. The molecule has 3 radical (unpaired) electrons. The SMILES string of the molecule is C[C@H](C[C@@H]([CH][CH][CH]C(=O)CCO[Si](C)(C)C(C)(C)C)O[C-]=O)O[Si](C)(C)C(C)(C)C.[C-]#[O+].[C-]#[O+].[C-]#[O+].[Fe]. The van der Waals surface area contributed by atoms with Crippen LogP contribution in [0.1, 0.15) is 61.3 Å². The first-order chi connectivity index (χ1) is 16.4. The van der Waals surface area contributed by atoms with E-state index >= 15 is 0 Å². The van der Waals surface area contributed by atoms with Crippen LogP contribution in [0, 0.1) is 39.2 Å². The molecule has 0 saturated heterocycles. The Hall–Kier alpha value is -0.767. The summed E-state index contributed by atoms with van der Waals surface area (Å²) in [4.78, 5) is 22.9. The van der Waals surface area contributed by atoms with Crippen LogP contribution in [0.25, 0.3) is 0 Å². The van der Waals surface area contributed by atoms with Gasteiger partial charge in [-0.3, -0.25) is 4.79 Å². The van der Waals surface area contributed by atoms with E-state index in [0.717, 1.165) is 0 Å². The number of ether oxygens (including phenoxy) is 1. The molecular weight excluding hydrogens is 552 g/mol. The fourth-order valence-corrected chi connectivity index (χ4v) is 4.78. The minimum Gasteiger partial charge on any atom is 0 e. The molecule has 0 aromatic heterocycles. The summed E-state index contributed by atoms with van der Waals surface area (Å²) in [7, 11) is -3.74. The summed E-state index contributed by atoms with van der Waals surface area (Å²) in [5.41, 5.74) is 0. The van der Waals surface area contributed by atoms with E-state index in [0.29, 0.717) is 19.4 Å². The van der Waals surface area contributed by atoms with E-state index < -0.39 is 22.7 Å². The van der Waals surface area contributed by atoms with E-state index in [1.807, 2.05) is 6.92 Å². The van der Waals surface area contributed by atoms with Crippen molar-refractivity contribution in [1.29, 1.82) is 0 Å². The number of carbonyl (C=O) groups excluding carboxylic acids is 2. The summed E-state index contributed by atoms with van der Waals surface area (Å²) < 4.78 is 39.9. The molecule has 213 valence electrons. The van der Waals surface area contributed by atoms with Gasteiger partial charge in [0.1, 0.15) is 5.78 Å². The van der Waals surface area contributed by atoms with E-state index in [1.165, 1.54) is 12.9 Å². The van der Waals surface area contributed by atoms with Crippen molar-refractivity contribution in [2.45, 2.75) is 110 Å². The maximum atomic E-state index is 12.1. The number of carbonyl (C=O) groups is 1. The van der Waals surface area contributed by atoms with Gasteiger partial charge in [0.05, 0.1) is 6.10 Å². The van der Waals surface area contributed by atoms with Crippen LogP contribution in [0.3, 0.4) is 0 Å². The average Bonchev–Trinajstić information content (AvgIpc) is 2.76. The summed E-state index contributed by atoms with van der Waals surface area (Å²) in [6, 6.07) is 0. The van der Waals surface area contributed by atoms with Crippen LogP contribution in [0.4, 0.5) is 0 Å². The van der Waals surface area contributed by atoms with Gasteiger partial charge in [-0.25, -0.2) is 0 Å². The minimum absolute atomic E-state index is 0. The van der Waals surface area contributed by atoms with Crippen molar-refractivity contribution >= 4 is 28.9 Å². The molecule has 0 unspecified atom stereocenters. The Morgan fingerprint density at radius 2 is 1.35 bits per heavy atom. The molecule has 0 spiro atoms. The van der Waals surface area contributed by atoms with Gasteiger partial charge >= 0.3 is 33.9 Å². The minimum atomic E-state index is -1.90. The standard InChI is InChI=1S/C23H44O5Si2.3CO.Fe/c1-19(28-30(10,11)23(5,6)7)17-21(26-18-24)14-12-13-20(25)15-16-27-29(8,9)22(2,3)4;3*1-2;/h12-14,19,21H,15-17H2,1-11H3;;;;/q-1;;;;/t19-,21-;;;;/m1..../s1. The van der Waals surface area contributed by atoms with E-state index in [1.54, 1.807) is 12.8 Å². The molecule has 0 aliphatic carbocycles. The third kappa shape index (κ3) is 21.8. The second kappa shape index (κ2) is 23.1. The van der Waals surface area contributed by atoms with E-state index in [4.69, 9.17) is 27.5 Å². The Kier molecular flexibility index (Phi) is 28.8. The summed E-state index contributed by atoms with van der Waals surface area (Å²) in [6.45, 7) is 39.3. The fraction of sp³-hybridized carbons (Fsp3) is 0.692. The topological polar surface area (TPSA) is 122 Å². The molecule has 0 N–H and O–H groups in total. The van der Waals surface area contributed by atoms with Gasteiger partial charge in [0.25, 0.3) is 0 Å². The Morgan fingerprint density at radius 1 is 0.919 bits per heavy atom. The number of hydrogen-bond acceptors (Lipinski definition) is 5. The van der Waals surface area contributed by atoms with Crippen LogP contribution in [0.5, 0.6) is 0 Å². The Labute approximate surface area is 238 Å². The van der Waals surface area contributed by atoms with Crippen LogP contribution < -0.4 is 0 Å². The first kappa shape index (κ1) is 46.1. The molecule has 0 saturated carbocycles. The summed E-state index contributed by atoms with van der Waals surface area (Å²) in [6.07, 6.45) is 5.19. The monoisotopic (exact) mass is 596 g/mol. The van der Waals surface area contributed by atoms with Gasteiger partial charge in [-0.1, -0.05) is 48.0 Å². The van der Waals surface area contributed by atoms with Gasteiger partial charge in [0, 0.05) is 55.5 Å². The summed E-state index contributed by atoms with van der Waals surface area (Å²) in [5, 5.41) is 0.232. The van der Waals surface area contributed by atoms with E-state index in [-0.39, 0.29) is 39.0 Å². The van der Waals surface area contributed by atoms with Crippen molar-refractivity contribution in [3.05, 3.63) is 39.2 Å². The molecule has 8 nitrogen and oxygen atoms in total. The number of rotatable bonds is 14. The maximum Gasteiger partial charge on any atom is 0 e. The summed E-state index contributed by atoms with van der Waals surface area (Å²) >= 11 is 0. The Bertz CT molecular complexity index is 648. The second-order valence-electron chi connectivity index (χ2n) is 11.0. The van der Waals surface area contributed by atoms with Gasteiger partial charge in [-0.15, -0.1) is 0 Å². The second-order valence-corrected chi connectivity index (χ2v) is 20.6. The zero-order valence-electron chi connectivity index (χ0n) is 24.1. The number of ketones is 1. The molecule has 2 atom stereocenters. The van der Waals surface area contributed by atoms with Crippen molar-refractivity contribution in [3.63, 3.8) is 0 Å². The first-order valence-corrected chi connectivity index (χ1v) is 17.2. The van der Waals surface area contributed by atoms with Crippen LogP contribution in [-0.2, 0) is 54.2 Å². The van der Waals surface area contributed by atoms with E-state index in [9.17, 15) is 9.59 Å². The van der Waals surface area contributed by atoms with Gasteiger partial charge < -0.3 is 18.4 Å². The normalized spacial score (nSPS) is 12.8. The number of Topliss-reactive ketones (excluding diaryl/α,β-unsaturated/α-hetero) is 1. The van der Waals surface area contributed by atoms with Crippen molar-refractivity contribution in [2.24, 2.45) is 0 Å². The molecule has 37 heavy (non-hydrogen) atoms. The van der Waals surface area contributed by atoms with Crippen molar-refractivity contribution in [2.75, 3.05) is 6.61 Å². The molecule has 11 heteroatoms. The molecule has 0 heterocycles. The molecule has 0 rings (SSSR count). The van der Waals surface area contributed by atoms with Gasteiger partial charge in [-0.2, -0.15) is 0 Å². The predicted octanol–water partition coefficient (Wildman–Crippen LogP) is 5.72. The molecule has 0 amide bonds. The van der Waals surface area contributed by atoms with Crippen LogP contribution in [-0.4, -0.2) is 47.7 Å². The Morgan fingerprint density at radius 3 is 1.73 bits per heavy atom. The van der Waals surface area contributed by atoms with Crippen molar-refractivity contribution < 1.29 is 54.2 Å². The van der Waals surface area contributed by atoms with Crippen LogP contribution in [0.2, 0.25) is 36.3 Å². The fourth-order valence-electron chi connectivity index (χ4n) is 2.28. The third-order valence-corrected chi connectivity index (χ3v) is 15.4. The third-order valence-electron chi connectivity index (χ3n) is 6.29. The molecule has 0 aromatic carbocycles. The van der Waals surface area contributed by atoms with Gasteiger partial charge in [0.2, 0.25) is 0 Å². The van der Waals surface area contributed by atoms with Crippen LogP contribution in [0.15, 0.2) is 0 Å². The van der Waals surface area contributed by atoms with Crippen molar-refractivity contribution in [3.8, 4) is 0 Å². The van der Waals surface area contributed by atoms with Gasteiger partial charge in [0.15, 0.2) is 16.6 Å². The van der Waals surface area contributed by atoms with Crippen LogP contribution >= 0.6 is 0 Å². The van der Waals surface area contributed by atoms with Gasteiger partial charge in [-0.05, 0) is 49.6 Å². The maximum absolute atomic E-state index is 12.1. The first-order valence-electron chi connectivity index (χ1n) is 11.4. The molecule has 0 aliphatic heterocycles. The predicted molar refractivity (Wildman–Crippen MR) is 140 cm³/mol. The van der Waals surface area contributed by atoms with Crippen molar-refractivity contribution in [1.82, 2.24) is 0 Å². The zero-order chi connectivity index (χ0) is 29.8. The molecule has 0 aliphatic rings. The molecule has 0 aromatic rings. The smallest absolute Gasteiger partial charge is 0 e.